The lowest BCUT2D eigenvalue weighted by atomic mass is 10.0. The lowest BCUT2D eigenvalue weighted by Gasteiger charge is -2.18. The fraction of sp³-hybridized carbons (Fsp3) is 0.947. The smallest absolute Gasteiger partial charge is 0.306 e. The third-order valence-electron chi connectivity index (χ3n) is 13.0. The van der Waals surface area contributed by atoms with Crippen molar-refractivity contribution in [2.24, 2.45) is 5.92 Å². The first-order valence-electron chi connectivity index (χ1n) is 28.4. The van der Waals surface area contributed by atoms with Crippen molar-refractivity contribution in [3.8, 4) is 0 Å². The van der Waals surface area contributed by atoms with Gasteiger partial charge >= 0.3 is 17.9 Å². The maximum atomic E-state index is 12.8. The van der Waals surface area contributed by atoms with Crippen LogP contribution in [-0.4, -0.2) is 37.2 Å². The van der Waals surface area contributed by atoms with Gasteiger partial charge in [0.2, 0.25) is 0 Å². The minimum absolute atomic E-state index is 0.0619. The van der Waals surface area contributed by atoms with Gasteiger partial charge in [0, 0.05) is 19.3 Å². The molecule has 0 aromatic rings. The lowest BCUT2D eigenvalue weighted by molar-refractivity contribution is -0.167. The van der Waals surface area contributed by atoms with E-state index in [1.807, 2.05) is 0 Å². The molecule has 0 saturated heterocycles. The van der Waals surface area contributed by atoms with Crippen molar-refractivity contribution in [1.29, 1.82) is 0 Å². The van der Waals surface area contributed by atoms with Crippen molar-refractivity contribution < 1.29 is 28.6 Å². The highest BCUT2D eigenvalue weighted by molar-refractivity contribution is 5.71. The molecule has 0 aliphatic rings. The van der Waals surface area contributed by atoms with Gasteiger partial charge in [-0.05, 0) is 25.2 Å². The highest BCUT2D eigenvalue weighted by atomic mass is 16.6. The number of hydrogen-bond acceptors (Lipinski definition) is 6. The maximum Gasteiger partial charge on any atom is 0.306 e. The molecular formula is C57H110O6. The Morgan fingerprint density at radius 1 is 0.302 bits per heavy atom. The zero-order valence-corrected chi connectivity index (χ0v) is 43.0. The van der Waals surface area contributed by atoms with Crippen LogP contribution in [0.2, 0.25) is 0 Å². The third kappa shape index (κ3) is 51.3. The Balaban J connectivity index is 4.29. The van der Waals surface area contributed by atoms with Crippen molar-refractivity contribution in [2.75, 3.05) is 13.2 Å². The fourth-order valence-corrected chi connectivity index (χ4v) is 8.75. The van der Waals surface area contributed by atoms with Crippen LogP contribution < -0.4 is 0 Å². The Bertz CT molecular complexity index is 949. The largest absolute Gasteiger partial charge is 0.462 e. The van der Waals surface area contributed by atoms with E-state index in [-0.39, 0.29) is 31.1 Å². The molecule has 0 heterocycles. The second-order valence-electron chi connectivity index (χ2n) is 20.1. The van der Waals surface area contributed by atoms with Gasteiger partial charge in [-0.1, -0.05) is 285 Å². The zero-order chi connectivity index (χ0) is 45.9. The number of unbranched alkanes of at least 4 members (excludes halogenated alkanes) is 39. The second-order valence-corrected chi connectivity index (χ2v) is 20.1. The molecule has 0 aromatic heterocycles. The topological polar surface area (TPSA) is 78.9 Å². The van der Waals surface area contributed by atoms with Gasteiger partial charge in [0.15, 0.2) is 6.10 Å². The first-order chi connectivity index (χ1) is 30.9. The molecule has 63 heavy (non-hydrogen) atoms. The van der Waals surface area contributed by atoms with Crippen LogP contribution in [0, 0.1) is 5.92 Å². The number of carbonyl (C=O) groups is 3. The van der Waals surface area contributed by atoms with E-state index in [2.05, 4.69) is 27.7 Å². The fourth-order valence-electron chi connectivity index (χ4n) is 8.75. The van der Waals surface area contributed by atoms with Gasteiger partial charge in [-0.15, -0.1) is 0 Å². The Labute approximate surface area is 393 Å². The standard InChI is InChI=1S/C57H110O6/c1-5-7-9-11-13-15-17-19-25-29-33-37-41-45-49-56(59)62-52-54(51-61-55(58)48-44-40-36-32-28-23-18-16-14-12-10-8-6-2)63-57(60)50-46-42-38-34-30-26-22-20-21-24-27-31-35-39-43-47-53(3)4/h53-54H,5-52H2,1-4H3/t54-/m0/s1. The van der Waals surface area contributed by atoms with E-state index >= 15 is 0 Å². The highest BCUT2D eigenvalue weighted by Gasteiger charge is 2.19. The van der Waals surface area contributed by atoms with Crippen LogP contribution in [0.4, 0.5) is 0 Å². The average Bonchev–Trinajstić information content (AvgIpc) is 3.27. The first kappa shape index (κ1) is 61.4. The monoisotopic (exact) mass is 891 g/mol. The number of hydrogen-bond donors (Lipinski definition) is 0. The normalized spacial score (nSPS) is 12.0. The molecule has 0 aliphatic carbocycles. The molecule has 0 amide bonds. The minimum Gasteiger partial charge on any atom is -0.462 e. The Hall–Kier alpha value is -1.59. The van der Waals surface area contributed by atoms with Gasteiger partial charge in [0.25, 0.3) is 0 Å². The van der Waals surface area contributed by atoms with Gasteiger partial charge in [0.05, 0.1) is 0 Å². The number of rotatable bonds is 52. The van der Waals surface area contributed by atoms with Crippen LogP contribution in [0.15, 0.2) is 0 Å². The molecule has 6 nitrogen and oxygen atoms in total. The summed E-state index contributed by atoms with van der Waals surface area (Å²) in [5.41, 5.74) is 0. The molecule has 0 saturated carbocycles. The minimum atomic E-state index is -0.761. The van der Waals surface area contributed by atoms with Gasteiger partial charge in [-0.2, -0.15) is 0 Å². The first-order valence-corrected chi connectivity index (χ1v) is 28.4. The van der Waals surface area contributed by atoms with E-state index in [4.69, 9.17) is 14.2 Å². The average molecular weight is 892 g/mol. The summed E-state index contributed by atoms with van der Waals surface area (Å²) in [4.78, 5) is 38.1. The lowest BCUT2D eigenvalue weighted by Crippen LogP contribution is -2.30. The van der Waals surface area contributed by atoms with E-state index in [1.165, 1.54) is 218 Å². The van der Waals surface area contributed by atoms with Gasteiger partial charge in [-0.3, -0.25) is 14.4 Å². The molecule has 0 rings (SSSR count). The van der Waals surface area contributed by atoms with Crippen LogP contribution in [0.1, 0.15) is 323 Å². The summed E-state index contributed by atoms with van der Waals surface area (Å²) in [6.07, 6.45) is 55.1. The van der Waals surface area contributed by atoms with Crippen LogP contribution >= 0.6 is 0 Å². The van der Waals surface area contributed by atoms with E-state index in [0.717, 1.165) is 63.7 Å². The molecule has 0 fully saturated rings. The molecule has 0 bridgehead atoms. The van der Waals surface area contributed by atoms with Crippen molar-refractivity contribution in [3.63, 3.8) is 0 Å². The molecule has 6 heteroatoms. The van der Waals surface area contributed by atoms with Gasteiger partial charge in [0.1, 0.15) is 13.2 Å². The summed E-state index contributed by atoms with van der Waals surface area (Å²) in [6, 6.07) is 0. The highest BCUT2D eigenvalue weighted by Crippen LogP contribution is 2.18. The SMILES string of the molecule is CCCCCCCCCCCCCCCCC(=O)OC[C@H](COC(=O)CCCCCCCCCCCCCCC)OC(=O)CCCCCCCCCCCCCCCCCC(C)C. The summed E-state index contributed by atoms with van der Waals surface area (Å²) in [5, 5.41) is 0. The second kappa shape index (κ2) is 51.4. The summed E-state index contributed by atoms with van der Waals surface area (Å²) in [5.74, 6) is 0.0118. The van der Waals surface area contributed by atoms with Crippen molar-refractivity contribution in [3.05, 3.63) is 0 Å². The van der Waals surface area contributed by atoms with E-state index < -0.39 is 6.10 Å². The molecule has 0 N–H and O–H groups in total. The summed E-state index contributed by atoms with van der Waals surface area (Å²) >= 11 is 0. The van der Waals surface area contributed by atoms with Crippen LogP contribution in [0.3, 0.4) is 0 Å². The Morgan fingerprint density at radius 3 is 0.778 bits per heavy atom. The van der Waals surface area contributed by atoms with Crippen molar-refractivity contribution in [1.82, 2.24) is 0 Å². The van der Waals surface area contributed by atoms with Gasteiger partial charge < -0.3 is 14.2 Å². The number of esters is 3. The van der Waals surface area contributed by atoms with Crippen LogP contribution in [0.25, 0.3) is 0 Å². The maximum absolute atomic E-state index is 12.8. The van der Waals surface area contributed by atoms with E-state index in [0.29, 0.717) is 19.3 Å². The summed E-state index contributed by atoms with van der Waals surface area (Å²) in [7, 11) is 0. The summed E-state index contributed by atoms with van der Waals surface area (Å²) in [6.45, 7) is 9.06. The third-order valence-corrected chi connectivity index (χ3v) is 13.0. The molecule has 0 spiro atoms. The van der Waals surface area contributed by atoms with Crippen molar-refractivity contribution in [2.45, 2.75) is 329 Å². The number of carbonyl (C=O) groups excluding carboxylic acids is 3. The van der Waals surface area contributed by atoms with Crippen LogP contribution in [-0.2, 0) is 28.6 Å². The Morgan fingerprint density at radius 2 is 0.524 bits per heavy atom. The molecule has 0 radical (unpaired) electrons. The quantitative estimate of drug-likeness (QED) is 0.0344. The summed E-state index contributed by atoms with van der Waals surface area (Å²) < 4.78 is 16.9. The molecule has 374 valence electrons. The molecular weight excluding hydrogens is 781 g/mol. The van der Waals surface area contributed by atoms with Crippen LogP contribution in [0.5, 0.6) is 0 Å². The predicted octanol–water partition coefficient (Wildman–Crippen LogP) is 18.6. The molecule has 0 aromatic carbocycles. The Kier molecular flexibility index (Phi) is 50.1. The molecule has 1 atom stereocenters. The van der Waals surface area contributed by atoms with E-state index in [1.54, 1.807) is 0 Å². The molecule has 0 unspecified atom stereocenters. The predicted molar refractivity (Wildman–Crippen MR) is 270 cm³/mol. The zero-order valence-electron chi connectivity index (χ0n) is 43.0. The molecule has 0 aliphatic heterocycles. The van der Waals surface area contributed by atoms with Crippen molar-refractivity contribution >= 4 is 17.9 Å². The van der Waals surface area contributed by atoms with E-state index in [9.17, 15) is 14.4 Å². The van der Waals surface area contributed by atoms with Gasteiger partial charge in [-0.25, -0.2) is 0 Å². The number of ether oxygens (including phenoxy) is 3.